The summed E-state index contributed by atoms with van der Waals surface area (Å²) in [6.07, 6.45) is 0. The molecule has 6 heteroatoms. The molecule has 1 saturated heterocycles. The summed E-state index contributed by atoms with van der Waals surface area (Å²) >= 11 is 0. The molecule has 1 aliphatic rings. The van der Waals surface area contributed by atoms with Crippen molar-refractivity contribution in [2.24, 2.45) is 0 Å². The second kappa shape index (κ2) is 8.57. The van der Waals surface area contributed by atoms with Gasteiger partial charge in [0.05, 0.1) is 19.3 Å². The maximum atomic E-state index is 12.4. The van der Waals surface area contributed by atoms with Crippen molar-refractivity contribution in [3.8, 4) is 0 Å². The van der Waals surface area contributed by atoms with Crippen LogP contribution in [0.2, 0.25) is 0 Å². The Kier molecular flexibility index (Phi) is 5.71. The van der Waals surface area contributed by atoms with Gasteiger partial charge in [0.15, 0.2) is 0 Å². The van der Waals surface area contributed by atoms with Gasteiger partial charge < -0.3 is 24.7 Å². The maximum absolute atomic E-state index is 12.4. The fraction of sp³-hybridized carbons (Fsp3) is 0.348. The number of nitrogens with zero attached hydrogens (tertiary/aromatic N) is 1. The van der Waals surface area contributed by atoms with Crippen molar-refractivity contribution in [2.75, 3.05) is 31.2 Å². The van der Waals surface area contributed by atoms with Crippen molar-refractivity contribution in [2.45, 2.75) is 26.4 Å². The number of nitrogens with one attached hydrogen (secondary N) is 2. The minimum Gasteiger partial charge on any atom is -0.459 e. The van der Waals surface area contributed by atoms with E-state index in [4.69, 9.17) is 9.15 Å². The highest BCUT2D eigenvalue weighted by Crippen LogP contribution is 2.29. The molecule has 152 valence electrons. The molecule has 1 aromatic heterocycles. The third-order valence-electron chi connectivity index (χ3n) is 5.39. The number of hydrogen-bond donors (Lipinski definition) is 2. The molecule has 0 bridgehead atoms. The molecule has 29 heavy (non-hydrogen) atoms. The molecule has 1 aliphatic heterocycles. The van der Waals surface area contributed by atoms with Gasteiger partial charge in [0.25, 0.3) is 0 Å². The van der Waals surface area contributed by atoms with Crippen LogP contribution in [0.1, 0.15) is 29.9 Å². The monoisotopic (exact) mass is 393 g/mol. The molecule has 0 aliphatic carbocycles. The van der Waals surface area contributed by atoms with E-state index in [1.54, 1.807) is 0 Å². The third kappa shape index (κ3) is 4.38. The zero-order valence-corrected chi connectivity index (χ0v) is 16.9. The largest absolute Gasteiger partial charge is 0.459 e. The molecular formula is C23H27N3O3. The van der Waals surface area contributed by atoms with Crippen LogP contribution in [0.4, 0.5) is 10.5 Å². The molecule has 1 unspecified atom stereocenters. The lowest BCUT2D eigenvalue weighted by Crippen LogP contribution is -2.37. The van der Waals surface area contributed by atoms with E-state index >= 15 is 0 Å². The molecule has 1 atom stereocenters. The zero-order chi connectivity index (χ0) is 20.2. The lowest BCUT2D eigenvalue weighted by molar-refractivity contribution is 0.122. The second-order valence-corrected chi connectivity index (χ2v) is 7.40. The fourth-order valence-corrected chi connectivity index (χ4v) is 3.75. The molecule has 4 rings (SSSR count). The first-order valence-corrected chi connectivity index (χ1v) is 10.1. The highest BCUT2D eigenvalue weighted by molar-refractivity contribution is 5.82. The minimum absolute atomic E-state index is 0.213. The SMILES string of the molecule is Cc1c(C(C)NC(=O)NCc2ccc(N3CCOCC3)cc2)oc2ccccc12. The zero-order valence-electron chi connectivity index (χ0n) is 16.9. The van der Waals surface area contributed by atoms with Crippen LogP contribution in [0.15, 0.2) is 52.9 Å². The van der Waals surface area contributed by atoms with Gasteiger partial charge in [-0.2, -0.15) is 0 Å². The summed E-state index contributed by atoms with van der Waals surface area (Å²) in [7, 11) is 0. The Morgan fingerprint density at radius 1 is 1.10 bits per heavy atom. The number of morpholine rings is 1. The highest BCUT2D eigenvalue weighted by Gasteiger charge is 2.18. The number of hydrogen-bond acceptors (Lipinski definition) is 4. The first kappa shape index (κ1) is 19.3. The Morgan fingerprint density at radius 3 is 2.55 bits per heavy atom. The van der Waals surface area contributed by atoms with Gasteiger partial charge in [-0.05, 0) is 37.6 Å². The molecule has 0 radical (unpaired) electrons. The second-order valence-electron chi connectivity index (χ2n) is 7.40. The van der Waals surface area contributed by atoms with Crippen LogP contribution in [0.5, 0.6) is 0 Å². The van der Waals surface area contributed by atoms with Crippen LogP contribution >= 0.6 is 0 Å². The minimum atomic E-state index is -0.217. The number of anilines is 1. The highest BCUT2D eigenvalue weighted by atomic mass is 16.5. The van der Waals surface area contributed by atoms with Crippen LogP contribution in [-0.4, -0.2) is 32.3 Å². The number of furan rings is 1. The van der Waals surface area contributed by atoms with E-state index in [1.807, 2.05) is 38.1 Å². The van der Waals surface area contributed by atoms with E-state index in [9.17, 15) is 4.79 Å². The quantitative estimate of drug-likeness (QED) is 0.684. The topological polar surface area (TPSA) is 66.7 Å². The Bertz CT molecular complexity index is 975. The van der Waals surface area contributed by atoms with Gasteiger partial charge in [-0.25, -0.2) is 4.79 Å². The molecular weight excluding hydrogens is 366 g/mol. The number of fused-ring (bicyclic) bond motifs is 1. The molecule has 2 aromatic carbocycles. The Morgan fingerprint density at radius 2 is 1.83 bits per heavy atom. The van der Waals surface area contributed by atoms with Gasteiger partial charge in [-0.3, -0.25) is 0 Å². The van der Waals surface area contributed by atoms with Crippen LogP contribution in [-0.2, 0) is 11.3 Å². The van der Waals surface area contributed by atoms with Crippen molar-refractivity contribution in [3.05, 3.63) is 65.4 Å². The summed E-state index contributed by atoms with van der Waals surface area (Å²) in [5.41, 5.74) is 4.15. The maximum Gasteiger partial charge on any atom is 0.315 e. The van der Waals surface area contributed by atoms with E-state index in [-0.39, 0.29) is 12.1 Å². The van der Waals surface area contributed by atoms with Gasteiger partial charge in [0, 0.05) is 36.3 Å². The van der Waals surface area contributed by atoms with Crippen LogP contribution in [0.3, 0.4) is 0 Å². The Balaban J connectivity index is 1.31. The summed E-state index contributed by atoms with van der Waals surface area (Å²) in [5.74, 6) is 0.788. The van der Waals surface area contributed by atoms with Gasteiger partial charge in [0.2, 0.25) is 0 Å². The molecule has 0 spiro atoms. The summed E-state index contributed by atoms with van der Waals surface area (Å²) in [6, 6.07) is 15.8. The molecule has 0 saturated carbocycles. The Hall–Kier alpha value is -2.99. The van der Waals surface area contributed by atoms with E-state index in [1.165, 1.54) is 5.69 Å². The normalized spacial score (nSPS) is 15.3. The molecule has 6 nitrogen and oxygen atoms in total. The third-order valence-corrected chi connectivity index (χ3v) is 5.39. The number of carbonyl (C=O) groups is 1. The number of para-hydroxylation sites is 1. The lowest BCUT2D eigenvalue weighted by Gasteiger charge is -2.28. The first-order chi connectivity index (χ1) is 14.1. The number of aryl methyl sites for hydroxylation is 1. The van der Waals surface area contributed by atoms with Gasteiger partial charge in [-0.1, -0.05) is 30.3 Å². The smallest absolute Gasteiger partial charge is 0.315 e. The first-order valence-electron chi connectivity index (χ1n) is 10.1. The average Bonchev–Trinajstić information content (AvgIpc) is 3.10. The number of ether oxygens (including phenoxy) is 1. The van der Waals surface area contributed by atoms with Crippen molar-refractivity contribution in [1.82, 2.24) is 10.6 Å². The predicted molar refractivity (Wildman–Crippen MR) is 114 cm³/mol. The van der Waals surface area contributed by atoms with Gasteiger partial charge >= 0.3 is 6.03 Å². The fourth-order valence-electron chi connectivity index (χ4n) is 3.75. The molecule has 3 aromatic rings. The summed E-state index contributed by atoms with van der Waals surface area (Å²) in [5, 5.41) is 6.97. The van der Waals surface area contributed by atoms with E-state index in [0.717, 1.165) is 54.2 Å². The summed E-state index contributed by atoms with van der Waals surface area (Å²) < 4.78 is 11.3. The van der Waals surface area contributed by atoms with Crippen molar-refractivity contribution in [1.29, 1.82) is 0 Å². The molecule has 2 heterocycles. The van der Waals surface area contributed by atoms with E-state index < -0.39 is 0 Å². The van der Waals surface area contributed by atoms with Crippen LogP contribution in [0, 0.1) is 6.92 Å². The molecule has 2 amide bonds. The van der Waals surface area contributed by atoms with E-state index in [0.29, 0.717) is 6.54 Å². The number of rotatable bonds is 5. The Labute approximate surface area is 170 Å². The summed E-state index contributed by atoms with van der Waals surface area (Å²) in [4.78, 5) is 14.7. The van der Waals surface area contributed by atoms with E-state index in [2.05, 4.69) is 39.8 Å². The van der Waals surface area contributed by atoms with Gasteiger partial charge in [0.1, 0.15) is 11.3 Å². The van der Waals surface area contributed by atoms with Crippen LogP contribution in [0.25, 0.3) is 11.0 Å². The van der Waals surface area contributed by atoms with Crippen molar-refractivity contribution in [3.63, 3.8) is 0 Å². The molecule has 1 fully saturated rings. The summed E-state index contributed by atoms with van der Waals surface area (Å²) in [6.45, 7) is 7.80. The lowest BCUT2D eigenvalue weighted by atomic mass is 10.1. The molecule has 2 N–H and O–H groups in total. The number of carbonyl (C=O) groups excluding carboxylic acids is 1. The number of amides is 2. The standard InChI is InChI=1S/C23H27N3O3/c1-16-20-5-3-4-6-21(20)29-22(16)17(2)25-23(27)24-15-18-7-9-19(10-8-18)26-11-13-28-14-12-26/h3-10,17H,11-15H2,1-2H3,(H2,24,25,27). The van der Waals surface area contributed by atoms with Crippen molar-refractivity contribution >= 4 is 22.7 Å². The number of benzene rings is 2. The average molecular weight is 393 g/mol. The predicted octanol–water partition coefficient (Wildman–Crippen LogP) is 4.14. The van der Waals surface area contributed by atoms with Crippen molar-refractivity contribution < 1.29 is 13.9 Å². The number of urea groups is 1. The van der Waals surface area contributed by atoms with Gasteiger partial charge in [-0.15, -0.1) is 0 Å². The van der Waals surface area contributed by atoms with Crippen LogP contribution < -0.4 is 15.5 Å².